The maximum atomic E-state index is 13.4. The zero-order valence-corrected chi connectivity index (χ0v) is 19.6. The molecule has 1 aliphatic carbocycles. The Morgan fingerprint density at radius 3 is 2.38 bits per heavy atom. The van der Waals surface area contributed by atoms with Crippen molar-refractivity contribution in [3.63, 3.8) is 0 Å². The van der Waals surface area contributed by atoms with E-state index >= 15 is 0 Å². The quantitative estimate of drug-likeness (QED) is 0.498. The lowest BCUT2D eigenvalue weighted by atomic mass is 9.89. The second kappa shape index (κ2) is 7.96. The SMILES string of the molecule is CC.Cc1c2n(ccc1=O)N(C1c3ccccc3CSc3ccccc31)CC1(CC1)C2=O. The molecule has 1 aromatic heterocycles. The molecule has 1 fully saturated rings. The van der Waals surface area contributed by atoms with Gasteiger partial charge in [0.2, 0.25) is 0 Å². The average Bonchev–Trinajstić information content (AvgIpc) is 3.62. The number of benzene rings is 2. The molecule has 0 radical (unpaired) electrons. The predicted molar refractivity (Wildman–Crippen MR) is 130 cm³/mol. The molecular formula is C27H28N2O2S. The molecule has 0 N–H and O–H groups in total. The first-order valence-corrected chi connectivity index (χ1v) is 12.4. The number of carbonyl (C=O) groups is 1. The van der Waals surface area contributed by atoms with E-state index in [4.69, 9.17) is 0 Å². The van der Waals surface area contributed by atoms with Crippen molar-refractivity contribution in [3.05, 3.63) is 99.0 Å². The molecule has 0 saturated heterocycles. The number of pyridine rings is 1. The molecule has 0 amide bonds. The van der Waals surface area contributed by atoms with Gasteiger partial charge >= 0.3 is 0 Å². The van der Waals surface area contributed by atoms with Crippen molar-refractivity contribution >= 4 is 17.5 Å². The lowest BCUT2D eigenvalue weighted by Gasteiger charge is -2.43. The van der Waals surface area contributed by atoms with Gasteiger partial charge in [-0.2, -0.15) is 0 Å². The zero-order valence-electron chi connectivity index (χ0n) is 18.8. The molecule has 1 atom stereocenters. The summed E-state index contributed by atoms with van der Waals surface area (Å²) < 4.78 is 1.97. The van der Waals surface area contributed by atoms with Crippen LogP contribution in [0.5, 0.6) is 0 Å². The van der Waals surface area contributed by atoms with E-state index in [1.165, 1.54) is 21.6 Å². The number of rotatable bonds is 1. The van der Waals surface area contributed by atoms with Gasteiger partial charge in [-0.05, 0) is 42.5 Å². The first-order chi connectivity index (χ1) is 15.6. The third kappa shape index (κ3) is 3.14. The van der Waals surface area contributed by atoms with E-state index in [1.54, 1.807) is 19.2 Å². The Labute approximate surface area is 193 Å². The van der Waals surface area contributed by atoms with Crippen LogP contribution in [0, 0.1) is 12.3 Å². The highest BCUT2D eigenvalue weighted by atomic mass is 32.2. The molecule has 32 heavy (non-hydrogen) atoms. The van der Waals surface area contributed by atoms with Crippen LogP contribution >= 0.6 is 11.8 Å². The topological polar surface area (TPSA) is 42.3 Å². The van der Waals surface area contributed by atoms with E-state index < -0.39 is 0 Å². The fourth-order valence-corrected chi connectivity index (χ4v) is 6.09. The maximum Gasteiger partial charge on any atom is 0.189 e. The Hall–Kier alpha value is -2.79. The van der Waals surface area contributed by atoms with Crippen LogP contribution in [0.1, 0.15) is 65.5 Å². The molecule has 2 aromatic carbocycles. The molecule has 3 heterocycles. The van der Waals surface area contributed by atoms with E-state index in [9.17, 15) is 9.59 Å². The monoisotopic (exact) mass is 444 g/mol. The number of hydrogen-bond acceptors (Lipinski definition) is 4. The van der Waals surface area contributed by atoms with Crippen molar-refractivity contribution in [2.24, 2.45) is 5.41 Å². The van der Waals surface area contributed by atoms with Crippen LogP contribution in [0.2, 0.25) is 0 Å². The van der Waals surface area contributed by atoms with Gasteiger partial charge in [-0.25, -0.2) is 0 Å². The Morgan fingerprint density at radius 2 is 1.62 bits per heavy atom. The molecule has 4 nitrogen and oxygen atoms in total. The maximum absolute atomic E-state index is 13.4. The molecule has 164 valence electrons. The van der Waals surface area contributed by atoms with Crippen LogP contribution in [0.25, 0.3) is 0 Å². The number of ketones is 1. The third-order valence-electron chi connectivity index (χ3n) is 6.86. The second-order valence-electron chi connectivity index (χ2n) is 8.63. The predicted octanol–water partition coefficient (Wildman–Crippen LogP) is 5.49. The molecule has 5 heteroatoms. The van der Waals surface area contributed by atoms with Crippen molar-refractivity contribution in [1.82, 2.24) is 4.68 Å². The van der Waals surface area contributed by atoms with Crippen LogP contribution in [0.4, 0.5) is 0 Å². The van der Waals surface area contributed by atoms with Crippen LogP contribution in [0.3, 0.4) is 0 Å². The standard InChI is InChI=1S/C25H22N2O2S.C2H6/c1-16-20(28)10-13-26-22(16)24(29)25(11-12-25)15-27(26)23-18-7-3-2-6-17(18)14-30-21-9-5-4-8-19(21)23;1-2/h2-10,13,23H,11-12,14-15H2,1H3;1-2H3. The lowest BCUT2D eigenvalue weighted by molar-refractivity contribution is 0.0860. The summed E-state index contributed by atoms with van der Waals surface area (Å²) in [4.78, 5) is 27.1. The summed E-state index contributed by atoms with van der Waals surface area (Å²) in [6, 6.07) is 18.8. The van der Waals surface area contributed by atoms with Gasteiger partial charge in [0.25, 0.3) is 0 Å². The van der Waals surface area contributed by atoms with E-state index in [2.05, 4.69) is 53.5 Å². The molecule has 2 aliphatic heterocycles. The Bertz CT molecular complexity index is 1210. The molecule has 1 unspecified atom stereocenters. The number of aromatic nitrogens is 1. The van der Waals surface area contributed by atoms with E-state index in [0.717, 1.165) is 18.6 Å². The molecular weight excluding hydrogens is 416 g/mol. The first kappa shape index (κ1) is 21.1. The Morgan fingerprint density at radius 1 is 0.938 bits per heavy atom. The molecule has 6 rings (SSSR count). The summed E-state index contributed by atoms with van der Waals surface area (Å²) in [5.41, 5.74) is 4.58. The van der Waals surface area contributed by atoms with E-state index in [1.807, 2.05) is 30.3 Å². The Kier molecular flexibility index (Phi) is 5.25. The molecule has 0 bridgehead atoms. The smallest absolute Gasteiger partial charge is 0.189 e. The number of carbonyl (C=O) groups excluding carboxylic acids is 1. The van der Waals surface area contributed by atoms with Gasteiger partial charge in [0, 0.05) is 35.0 Å². The van der Waals surface area contributed by atoms with E-state index in [-0.39, 0.29) is 22.7 Å². The summed E-state index contributed by atoms with van der Waals surface area (Å²) in [6.45, 7) is 6.47. The highest BCUT2D eigenvalue weighted by molar-refractivity contribution is 7.98. The van der Waals surface area contributed by atoms with Crippen molar-refractivity contribution in [1.29, 1.82) is 0 Å². The Balaban J connectivity index is 0.00000105. The fourth-order valence-electron chi connectivity index (χ4n) is 4.99. The molecule has 1 saturated carbocycles. The highest BCUT2D eigenvalue weighted by Crippen LogP contribution is 2.53. The number of fused-ring (bicyclic) bond motifs is 3. The van der Waals surface area contributed by atoms with Crippen LogP contribution in [-0.2, 0) is 5.75 Å². The fraction of sp³-hybridized carbons (Fsp3) is 0.333. The van der Waals surface area contributed by atoms with Crippen molar-refractivity contribution < 1.29 is 4.79 Å². The normalized spacial score (nSPS) is 19.8. The molecule has 3 aliphatic rings. The van der Waals surface area contributed by atoms with Crippen molar-refractivity contribution in [2.45, 2.75) is 50.3 Å². The zero-order chi connectivity index (χ0) is 22.5. The van der Waals surface area contributed by atoms with Gasteiger partial charge < -0.3 is 0 Å². The summed E-state index contributed by atoms with van der Waals surface area (Å²) >= 11 is 1.87. The minimum absolute atomic E-state index is 0.00127. The van der Waals surface area contributed by atoms with Gasteiger partial charge in [-0.1, -0.05) is 56.3 Å². The van der Waals surface area contributed by atoms with Crippen molar-refractivity contribution in [2.75, 3.05) is 11.6 Å². The largest absolute Gasteiger partial charge is 0.300 e. The van der Waals surface area contributed by atoms with E-state index in [0.29, 0.717) is 17.8 Å². The molecule has 3 aromatic rings. The minimum atomic E-state index is -0.345. The summed E-state index contributed by atoms with van der Waals surface area (Å²) in [5, 5.41) is 2.33. The van der Waals surface area contributed by atoms with Crippen LogP contribution < -0.4 is 10.4 Å². The summed E-state index contributed by atoms with van der Waals surface area (Å²) in [5.74, 6) is 1.07. The second-order valence-corrected chi connectivity index (χ2v) is 9.65. The van der Waals surface area contributed by atoms with Gasteiger partial charge in [-0.15, -0.1) is 11.8 Å². The number of Topliss-reactive ketones (excluding diaryl/α,β-unsaturated/α-hetero) is 1. The summed E-state index contributed by atoms with van der Waals surface area (Å²) in [7, 11) is 0. The highest BCUT2D eigenvalue weighted by Gasteiger charge is 2.56. The van der Waals surface area contributed by atoms with Crippen LogP contribution in [-0.4, -0.2) is 17.0 Å². The summed E-state index contributed by atoms with van der Waals surface area (Å²) in [6.07, 6.45) is 3.59. The van der Waals surface area contributed by atoms with Gasteiger partial charge in [0.1, 0.15) is 5.69 Å². The van der Waals surface area contributed by atoms with Crippen LogP contribution in [0.15, 0.2) is 70.5 Å². The number of hydrogen-bond donors (Lipinski definition) is 0. The number of thioether (sulfide) groups is 1. The van der Waals surface area contributed by atoms with Gasteiger partial charge in [-0.3, -0.25) is 19.3 Å². The first-order valence-electron chi connectivity index (χ1n) is 11.4. The van der Waals surface area contributed by atoms with Gasteiger partial charge in [0.05, 0.1) is 11.5 Å². The molecule has 1 spiro atoms. The lowest BCUT2D eigenvalue weighted by Crippen LogP contribution is -2.52. The third-order valence-corrected chi connectivity index (χ3v) is 8.00. The van der Waals surface area contributed by atoms with Gasteiger partial charge in [0.15, 0.2) is 11.2 Å². The van der Waals surface area contributed by atoms with Crippen molar-refractivity contribution in [3.8, 4) is 0 Å². The average molecular weight is 445 g/mol. The minimum Gasteiger partial charge on any atom is -0.300 e. The number of nitrogens with zero attached hydrogens (tertiary/aromatic N) is 2.